The lowest BCUT2D eigenvalue weighted by Crippen LogP contribution is -2.24. The van der Waals surface area contributed by atoms with E-state index in [0.29, 0.717) is 0 Å². The summed E-state index contributed by atoms with van der Waals surface area (Å²) >= 11 is 0. The molecule has 86 valence electrons. The number of nitrogens with one attached hydrogen (secondary N) is 1. The topological polar surface area (TPSA) is 52.0 Å². The van der Waals surface area contributed by atoms with Gasteiger partial charge >= 0.3 is 0 Å². The van der Waals surface area contributed by atoms with E-state index in [1.807, 2.05) is 17.9 Å². The number of ether oxygens (including phenoxy) is 1. The smallest absolute Gasteiger partial charge is 0.0964 e. The summed E-state index contributed by atoms with van der Waals surface area (Å²) in [6, 6.07) is 0. The molecule has 0 unspecified atom stereocenters. The van der Waals surface area contributed by atoms with E-state index in [1.54, 1.807) is 7.11 Å². The molecule has 0 atom stereocenters. The predicted octanol–water partition coefficient (Wildman–Crippen LogP) is 0.813. The first-order valence-corrected chi connectivity index (χ1v) is 5.16. The summed E-state index contributed by atoms with van der Waals surface area (Å²) in [7, 11) is 3.63. The lowest BCUT2D eigenvalue weighted by atomic mass is 10.1. The van der Waals surface area contributed by atoms with E-state index in [1.165, 1.54) is 0 Å². The Morgan fingerprint density at radius 2 is 2.27 bits per heavy atom. The fourth-order valence-corrected chi connectivity index (χ4v) is 1.20. The predicted molar refractivity (Wildman–Crippen MR) is 58.5 cm³/mol. The van der Waals surface area contributed by atoms with Gasteiger partial charge in [-0.25, -0.2) is 0 Å². The molecule has 0 radical (unpaired) electrons. The third-order valence-corrected chi connectivity index (χ3v) is 2.44. The average Bonchev–Trinajstić information content (AvgIpc) is 2.64. The number of hydrogen-bond donors (Lipinski definition) is 1. The second kappa shape index (κ2) is 5.23. The molecule has 0 saturated carbocycles. The number of aromatic nitrogens is 3. The van der Waals surface area contributed by atoms with E-state index in [0.717, 1.165) is 25.2 Å². The Kier molecular flexibility index (Phi) is 4.23. The van der Waals surface area contributed by atoms with Crippen molar-refractivity contribution >= 4 is 0 Å². The van der Waals surface area contributed by atoms with Gasteiger partial charge in [0.15, 0.2) is 0 Å². The molecular weight excluding hydrogens is 192 g/mol. The number of nitrogens with zero attached hydrogens (tertiary/aromatic N) is 3. The van der Waals surface area contributed by atoms with Crippen LogP contribution < -0.4 is 5.32 Å². The first-order valence-electron chi connectivity index (χ1n) is 5.16. The van der Waals surface area contributed by atoms with Gasteiger partial charge in [-0.1, -0.05) is 5.21 Å². The molecule has 1 aromatic rings. The molecule has 1 aromatic heterocycles. The van der Waals surface area contributed by atoms with Gasteiger partial charge in [-0.15, -0.1) is 5.10 Å². The third kappa shape index (κ3) is 3.97. The van der Waals surface area contributed by atoms with E-state index in [9.17, 15) is 0 Å². The van der Waals surface area contributed by atoms with Crippen molar-refractivity contribution in [1.29, 1.82) is 0 Å². The minimum absolute atomic E-state index is 0.102. The Balaban J connectivity index is 2.44. The van der Waals surface area contributed by atoms with Gasteiger partial charge in [0.1, 0.15) is 0 Å². The van der Waals surface area contributed by atoms with Crippen molar-refractivity contribution in [2.24, 2.45) is 0 Å². The molecule has 0 bridgehead atoms. The summed E-state index contributed by atoms with van der Waals surface area (Å²) < 4.78 is 7.19. The number of aryl methyl sites for hydroxylation is 1. The molecule has 5 nitrogen and oxygen atoms in total. The van der Waals surface area contributed by atoms with Crippen LogP contribution in [0.3, 0.4) is 0 Å². The second-order valence-electron chi connectivity index (χ2n) is 4.22. The molecule has 1 N–H and O–H groups in total. The highest BCUT2D eigenvalue weighted by Crippen LogP contribution is 2.13. The van der Waals surface area contributed by atoms with Crippen molar-refractivity contribution < 1.29 is 4.74 Å². The summed E-state index contributed by atoms with van der Waals surface area (Å²) in [6.45, 7) is 5.72. The lowest BCUT2D eigenvalue weighted by Gasteiger charge is -2.22. The van der Waals surface area contributed by atoms with Crippen molar-refractivity contribution in [2.75, 3.05) is 14.2 Å². The molecule has 1 heterocycles. The first-order chi connectivity index (χ1) is 7.07. The van der Waals surface area contributed by atoms with Gasteiger partial charge in [0.25, 0.3) is 0 Å². The zero-order chi connectivity index (χ0) is 11.3. The maximum absolute atomic E-state index is 5.34. The van der Waals surface area contributed by atoms with Crippen LogP contribution in [0.4, 0.5) is 0 Å². The van der Waals surface area contributed by atoms with Crippen molar-refractivity contribution in [3.05, 3.63) is 11.9 Å². The van der Waals surface area contributed by atoms with Crippen molar-refractivity contribution in [1.82, 2.24) is 20.3 Å². The standard InChI is InChI=1S/C10H20N4O/c1-10(2,15-4)5-6-14-8-9(7-11-3)12-13-14/h8,11H,5-7H2,1-4H3. The zero-order valence-corrected chi connectivity index (χ0v) is 9.95. The molecule has 0 aliphatic rings. The van der Waals surface area contributed by atoms with Crippen LogP contribution in [0.2, 0.25) is 0 Å². The van der Waals surface area contributed by atoms with E-state index in [-0.39, 0.29) is 5.60 Å². The molecule has 0 aromatic carbocycles. The summed E-state index contributed by atoms with van der Waals surface area (Å²) in [5.74, 6) is 0. The van der Waals surface area contributed by atoms with E-state index < -0.39 is 0 Å². The highest BCUT2D eigenvalue weighted by molar-refractivity contribution is 4.91. The first kappa shape index (κ1) is 12.1. The van der Waals surface area contributed by atoms with Gasteiger partial charge < -0.3 is 10.1 Å². The highest BCUT2D eigenvalue weighted by atomic mass is 16.5. The summed E-state index contributed by atoms with van der Waals surface area (Å²) in [5.41, 5.74) is 0.863. The lowest BCUT2D eigenvalue weighted by molar-refractivity contribution is 0.0112. The Morgan fingerprint density at radius 1 is 1.53 bits per heavy atom. The quantitative estimate of drug-likeness (QED) is 0.758. The Morgan fingerprint density at radius 3 is 2.87 bits per heavy atom. The molecule has 0 spiro atoms. The van der Waals surface area contributed by atoms with Crippen LogP contribution in [0.1, 0.15) is 26.0 Å². The fraction of sp³-hybridized carbons (Fsp3) is 0.800. The van der Waals surface area contributed by atoms with Gasteiger partial charge in [-0.2, -0.15) is 0 Å². The number of methoxy groups -OCH3 is 1. The van der Waals surface area contributed by atoms with Crippen LogP contribution in [0.25, 0.3) is 0 Å². The molecular formula is C10H20N4O. The Hall–Kier alpha value is -0.940. The molecule has 1 rings (SSSR count). The average molecular weight is 212 g/mol. The molecule has 15 heavy (non-hydrogen) atoms. The third-order valence-electron chi connectivity index (χ3n) is 2.44. The van der Waals surface area contributed by atoms with Crippen LogP contribution >= 0.6 is 0 Å². The summed E-state index contributed by atoms with van der Waals surface area (Å²) in [5, 5.41) is 11.1. The van der Waals surface area contributed by atoms with Crippen molar-refractivity contribution in [3.63, 3.8) is 0 Å². The van der Waals surface area contributed by atoms with Crippen molar-refractivity contribution in [3.8, 4) is 0 Å². The number of hydrogen-bond acceptors (Lipinski definition) is 4. The summed E-state index contributed by atoms with van der Waals surface area (Å²) in [4.78, 5) is 0. The van der Waals surface area contributed by atoms with Gasteiger partial charge in [-0.3, -0.25) is 4.68 Å². The van der Waals surface area contributed by atoms with Gasteiger partial charge in [-0.05, 0) is 27.3 Å². The second-order valence-corrected chi connectivity index (χ2v) is 4.22. The van der Waals surface area contributed by atoms with Gasteiger partial charge in [0, 0.05) is 26.4 Å². The molecule has 5 heteroatoms. The van der Waals surface area contributed by atoms with Crippen LogP contribution in [0.5, 0.6) is 0 Å². The van der Waals surface area contributed by atoms with Crippen LogP contribution in [-0.4, -0.2) is 34.8 Å². The maximum Gasteiger partial charge on any atom is 0.0964 e. The monoisotopic (exact) mass is 212 g/mol. The summed E-state index contributed by atoms with van der Waals surface area (Å²) in [6.07, 6.45) is 2.88. The Labute approximate surface area is 90.8 Å². The molecule has 0 saturated heterocycles. The highest BCUT2D eigenvalue weighted by Gasteiger charge is 2.16. The Bertz CT molecular complexity index is 295. The SMILES string of the molecule is CNCc1cn(CCC(C)(C)OC)nn1. The van der Waals surface area contributed by atoms with Gasteiger partial charge in [0.05, 0.1) is 11.3 Å². The molecule has 0 amide bonds. The fourth-order valence-electron chi connectivity index (χ4n) is 1.20. The molecule has 0 aliphatic heterocycles. The molecule has 0 aliphatic carbocycles. The zero-order valence-electron chi connectivity index (χ0n) is 9.95. The van der Waals surface area contributed by atoms with Gasteiger partial charge in [0.2, 0.25) is 0 Å². The van der Waals surface area contributed by atoms with E-state index >= 15 is 0 Å². The molecule has 0 fully saturated rings. The van der Waals surface area contributed by atoms with E-state index in [4.69, 9.17) is 4.74 Å². The van der Waals surface area contributed by atoms with Crippen LogP contribution in [0, 0.1) is 0 Å². The van der Waals surface area contributed by atoms with Crippen LogP contribution in [-0.2, 0) is 17.8 Å². The largest absolute Gasteiger partial charge is 0.379 e. The van der Waals surface area contributed by atoms with Crippen molar-refractivity contribution in [2.45, 2.75) is 39.0 Å². The number of rotatable bonds is 6. The normalized spacial score (nSPS) is 12.0. The van der Waals surface area contributed by atoms with E-state index in [2.05, 4.69) is 29.5 Å². The maximum atomic E-state index is 5.34. The van der Waals surface area contributed by atoms with Crippen LogP contribution in [0.15, 0.2) is 6.20 Å². The minimum atomic E-state index is -0.102. The minimum Gasteiger partial charge on any atom is -0.379 e.